The Morgan fingerprint density at radius 3 is 2.59 bits per heavy atom. The monoisotopic (exact) mass is 298 g/mol. The van der Waals surface area contributed by atoms with Gasteiger partial charge in [-0.1, -0.05) is 0 Å². The van der Waals surface area contributed by atoms with Crippen LogP contribution in [0.25, 0.3) is 0 Å². The topological polar surface area (TPSA) is 24.1 Å². The summed E-state index contributed by atoms with van der Waals surface area (Å²) in [6.07, 6.45) is 4.93. The first-order chi connectivity index (χ1) is 8.20. The number of nitrogens with one attached hydrogen (secondary N) is 2. The van der Waals surface area contributed by atoms with Crippen molar-refractivity contribution in [2.45, 2.75) is 43.8 Å². The number of hydrogen-bond acceptors (Lipinski definition) is 2. The average Bonchev–Trinajstić information content (AvgIpc) is 2.62. The van der Waals surface area contributed by atoms with Crippen molar-refractivity contribution >= 4 is 21.6 Å². The molecule has 0 spiro atoms. The van der Waals surface area contributed by atoms with Crippen LogP contribution in [-0.4, -0.2) is 18.1 Å². The largest absolute Gasteiger partial charge is 0.381 e. The third kappa shape index (κ3) is 2.47. The second kappa shape index (κ2) is 4.58. The van der Waals surface area contributed by atoms with Crippen LogP contribution >= 0.6 is 15.9 Å². The highest BCUT2D eigenvalue weighted by molar-refractivity contribution is 9.10. The molecule has 2 aliphatic rings. The minimum Gasteiger partial charge on any atom is -0.381 e. The normalized spacial score (nSPS) is 31.5. The summed E-state index contributed by atoms with van der Waals surface area (Å²) >= 11 is 3.40. The molecule has 2 unspecified atom stereocenters. The van der Waals surface area contributed by atoms with E-state index in [1.807, 2.05) is 6.07 Å². The van der Waals surface area contributed by atoms with Gasteiger partial charge in [0.25, 0.3) is 0 Å². The van der Waals surface area contributed by atoms with Gasteiger partial charge in [-0.2, -0.15) is 0 Å². The van der Waals surface area contributed by atoms with Crippen molar-refractivity contribution in [3.63, 3.8) is 0 Å². The first kappa shape index (κ1) is 11.5. The van der Waals surface area contributed by atoms with Gasteiger partial charge in [-0.25, -0.2) is 4.39 Å². The zero-order valence-corrected chi connectivity index (χ0v) is 11.1. The zero-order valence-electron chi connectivity index (χ0n) is 9.55. The Kier molecular flexibility index (Phi) is 3.09. The van der Waals surface area contributed by atoms with E-state index in [0.717, 1.165) is 10.2 Å². The van der Waals surface area contributed by atoms with Gasteiger partial charge in [-0.3, -0.25) is 0 Å². The summed E-state index contributed by atoms with van der Waals surface area (Å²) in [5, 5.41) is 7.14. The van der Waals surface area contributed by atoms with Crippen molar-refractivity contribution in [2.75, 3.05) is 5.32 Å². The van der Waals surface area contributed by atoms with Crippen molar-refractivity contribution in [3.8, 4) is 0 Å². The van der Waals surface area contributed by atoms with Gasteiger partial charge in [0.15, 0.2) is 0 Å². The maximum absolute atomic E-state index is 13.0. The highest BCUT2D eigenvalue weighted by Crippen LogP contribution is 2.31. The van der Waals surface area contributed by atoms with Crippen molar-refractivity contribution in [2.24, 2.45) is 0 Å². The SMILES string of the molecule is Fc1ccc(NC2CC3CCC(C2)N3)c(Br)c1. The predicted octanol–water partition coefficient (Wildman–Crippen LogP) is 3.28. The number of rotatable bonds is 2. The second-order valence-electron chi connectivity index (χ2n) is 5.07. The maximum atomic E-state index is 13.0. The summed E-state index contributed by atoms with van der Waals surface area (Å²) in [5.74, 6) is -0.201. The minimum atomic E-state index is -0.201. The molecule has 92 valence electrons. The van der Waals surface area contributed by atoms with Crippen molar-refractivity contribution < 1.29 is 4.39 Å². The lowest BCUT2D eigenvalue weighted by molar-refractivity contribution is 0.378. The molecule has 2 bridgehead atoms. The smallest absolute Gasteiger partial charge is 0.124 e. The Morgan fingerprint density at radius 1 is 1.24 bits per heavy atom. The molecule has 2 atom stereocenters. The minimum absolute atomic E-state index is 0.201. The summed E-state index contributed by atoms with van der Waals surface area (Å²) in [4.78, 5) is 0. The number of fused-ring (bicyclic) bond motifs is 2. The summed E-state index contributed by atoms with van der Waals surface area (Å²) in [5.41, 5.74) is 0.998. The first-order valence-corrected chi connectivity index (χ1v) is 6.97. The summed E-state index contributed by atoms with van der Waals surface area (Å²) in [6, 6.07) is 6.68. The zero-order chi connectivity index (χ0) is 11.8. The number of anilines is 1. The van der Waals surface area contributed by atoms with Crippen molar-refractivity contribution in [3.05, 3.63) is 28.5 Å². The lowest BCUT2D eigenvalue weighted by Crippen LogP contribution is -2.43. The second-order valence-corrected chi connectivity index (χ2v) is 5.93. The van der Waals surface area contributed by atoms with Crippen LogP contribution in [-0.2, 0) is 0 Å². The summed E-state index contributed by atoms with van der Waals surface area (Å²) in [7, 11) is 0. The number of benzene rings is 1. The molecule has 2 heterocycles. The quantitative estimate of drug-likeness (QED) is 0.875. The molecule has 0 saturated carbocycles. The third-order valence-electron chi connectivity index (χ3n) is 3.76. The molecule has 4 heteroatoms. The molecule has 2 N–H and O–H groups in total. The van der Waals surface area contributed by atoms with Crippen LogP contribution in [0.2, 0.25) is 0 Å². The van der Waals surface area contributed by atoms with E-state index < -0.39 is 0 Å². The Morgan fingerprint density at radius 2 is 1.94 bits per heavy atom. The highest BCUT2D eigenvalue weighted by atomic mass is 79.9. The van der Waals surface area contributed by atoms with Crippen LogP contribution < -0.4 is 10.6 Å². The van der Waals surface area contributed by atoms with Gasteiger partial charge in [0.2, 0.25) is 0 Å². The van der Waals surface area contributed by atoms with Crippen LogP contribution in [0, 0.1) is 5.82 Å². The van der Waals surface area contributed by atoms with E-state index in [1.165, 1.54) is 37.8 Å². The van der Waals surface area contributed by atoms with E-state index in [-0.39, 0.29) is 5.82 Å². The van der Waals surface area contributed by atoms with Gasteiger partial charge in [-0.05, 0) is 59.8 Å². The van der Waals surface area contributed by atoms with Gasteiger partial charge in [0, 0.05) is 28.3 Å². The summed E-state index contributed by atoms with van der Waals surface area (Å²) < 4.78 is 13.8. The first-order valence-electron chi connectivity index (χ1n) is 6.18. The Labute approximate surface area is 109 Å². The fraction of sp³-hybridized carbons (Fsp3) is 0.538. The molecule has 1 aromatic rings. The van der Waals surface area contributed by atoms with Crippen molar-refractivity contribution in [1.29, 1.82) is 0 Å². The van der Waals surface area contributed by atoms with Crippen LogP contribution in [0.15, 0.2) is 22.7 Å². The maximum Gasteiger partial charge on any atom is 0.124 e. The number of hydrogen-bond donors (Lipinski definition) is 2. The molecule has 0 radical (unpaired) electrons. The Hall–Kier alpha value is -0.610. The standard InChI is InChI=1S/C13H16BrFN2/c14-12-5-8(15)1-4-13(12)17-11-6-9-2-3-10(7-11)16-9/h1,4-5,9-11,16-17H,2-3,6-7H2. The molecular weight excluding hydrogens is 283 g/mol. The molecule has 2 saturated heterocycles. The fourth-order valence-electron chi connectivity index (χ4n) is 3.00. The molecular formula is C13H16BrFN2. The Balaban J connectivity index is 1.70. The molecule has 2 aliphatic heterocycles. The van der Waals surface area contributed by atoms with Gasteiger partial charge >= 0.3 is 0 Å². The van der Waals surface area contributed by atoms with E-state index in [4.69, 9.17) is 0 Å². The van der Waals surface area contributed by atoms with Crippen LogP contribution in [0.1, 0.15) is 25.7 Å². The van der Waals surface area contributed by atoms with Crippen molar-refractivity contribution in [1.82, 2.24) is 5.32 Å². The molecule has 0 amide bonds. The van der Waals surface area contributed by atoms with E-state index in [9.17, 15) is 4.39 Å². The molecule has 3 rings (SSSR count). The van der Waals surface area contributed by atoms with E-state index in [2.05, 4.69) is 26.6 Å². The molecule has 0 aliphatic carbocycles. The summed E-state index contributed by atoms with van der Waals surface area (Å²) in [6.45, 7) is 0. The highest BCUT2D eigenvalue weighted by Gasteiger charge is 2.33. The predicted molar refractivity (Wildman–Crippen MR) is 70.7 cm³/mol. The van der Waals surface area contributed by atoms with Gasteiger partial charge in [0.1, 0.15) is 5.82 Å². The fourth-order valence-corrected chi connectivity index (χ4v) is 3.47. The van der Waals surface area contributed by atoms with Crippen LogP contribution in [0.3, 0.4) is 0 Å². The third-order valence-corrected chi connectivity index (χ3v) is 4.42. The van der Waals surface area contributed by atoms with Gasteiger partial charge in [0.05, 0.1) is 0 Å². The van der Waals surface area contributed by atoms with Crippen LogP contribution in [0.4, 0.5) is 10.1 Å². The molecule has 1 aromatic carbocycles. The lowest BCUT2D eigenvalue weighted by atomic mass is 9.99. The van der Waals surface area contributed by atoms with E-state index in [1.54, 1.807) is 0 Å². The molecule has 17 heavy (non-hydrogen) atoms. The average molecular weight is 299 g/mol. The molecule has 2 nitrogen and oxygen atoms in total. The van der Waals surface area contributed by atoms with Crippen LogP contribution in [0.5, 0.6) is 0 Å². The van der Waals surface area contributed by atoms with E-state index >= 15 is 0 Å². The van der Waals surface area contributed by atoms with E-state index in [0.29, 0.717) is 18.1 Å². The Bertz CT molecular complexity index is 412. The number of halogens is 2. The molecule has 2 fully saturated rings. The molecule has 0 aromatic heterocycles. The van der Waals surface area contributed by atoms with Gasteiger partial charge in [-0.15, -0.1) is 0 Å². The van der Waals surface area contributed by atoms with Gasteiger partial charge < -0.3 is 10.6 Å². The number of piperidine rings is 1. The lowest BCUT2D eigenvalue weighted by Gasteiger charge is -2.30.